The fourth-order valence-electron chi connectivity index (χ4n) is 4.67. The first kappa shape index (κ1) is 22.4. The maximum Gasteiger partial charge on any atom is 0.295 e. The van der Waals surface area contributed by atoms with Gasteiger partial charge in [-0.1, -0.05) is 28.1 Å². The lowest BCUT2D eigenvalue weighted by Crippen LogP contribution is -2.31. The van der Waals surface area contributed by atoms with Crippen LogP contribution in [0.1, 0.15) is 36.1 Å². The van der Waals surface area contributed by atoms with Gasteiger partial charge in [0.15, 0.2) is 0 Å². The highest BCUT2D eigenvalue weighted by Gasteiger charge is 2.45. The van der Waals surface area contributed by atoms with Crippen LogP contribution in [0.5, 0.6) is 5.75 Å². The summed E-state index contributed by atoms with van der Waals surface area (Å²) in [5, 5.41) is 11.3. The highest BCUT2D eigenvalue weighted by atomic mass is 79.9. The number of likely N-dealkylation sites (tertiary alicyclic amines) is 1. The molecule has 2 atom stereocenters. The number of hydrogen-bond donors (Lipinski definition) is 1. The summed E-state index contributed by atoms with van der Waals surface area (Å²) >= 11 is 3.44. The van der Waals surface area contributed by atoms with Crippen LogP contribution in [0.2, 0.25) is 0 Å². The Morgan fingerprint density at radius 3 is 2.71 bits per heavy atom. The van der Waals surface area contributed by atoms with Crippen LogP contribution in [-0.4, -0.2) is 43.9 Å². The van der Waals surface area contributed by atoms with Crippen LogP contribution >= 0.6 is 15.9 Å². The maximum absolute atomic E-state index is 13.2. The minimum absolute atomic E-state index is 0.0660. The average Bonchev–Trinajstić information content (AvgIpc) is 3.53. The zero-order chi connectivity index (χ0) is 23.8. The van der Waals surface area contributed by atoms with E-state index in [9.17, 15) is 14.7 Å². The van der Waals surface area contributed by atoms with Crippen LogP contribution in [0.25, 0.3) is 5.76 Å². The smallest absolute Gasteiger partial charge is 0.295 e. The Balaban J connectivity index is 1.52. The second-order valence-electron chi connectivity index (χ2n) is 8.65. The van der Waals surface area contributed by atoms with Gasteiger partial charge in [0.2, 0.25) is 0 Å². The van der Waals surface area contributed by atoms with Gasteiger partial charge in [-0.15, -0.1) is 0 Å². The van der Waals surface area contributed by atoms with E-state index >= 15 is 0 Å². The number of imidazole rings is 1. The van der Waals surface area contributed by atoms with Crippen molar-refractivity contribution in [1.82, 2.24) is 14.5 Å². The summed E-state index contributed by atoms with van der Waals surface area (Å²) in [6, 6.07) is 12.2. The molecule has 2 aliphatic rings. The van der Waals surface area contributed by atoms with Gasteiger partial charge in [-0.25, -0.2) is 4.98 Å². The first-order valence-corrected chi connectivity index (χ1v) is 12.0. The number of fused-ring (bicyclic) bond motifs is 1. The third-order valence-corrected chi connectivity index (χ3v) is 6.80. The second kappa shape index (κ2) is 9.10. The van der Waals surface area contributed by atoms with Crippen molar-refractivity contribution in [2.24, 2.45) is 0 Å². The molecule has 0 radical (unpaired) electrons. The van der Waals surface area contributed by atoms with E-state index in [-0.39, 0.29) is 17.4 Å². The number of aryl methyl sites for hydroxylation is 1. The molecule has 7 nitrogen and oxygen atoms in total. The Kier molecular flexibility index (Phi) is 6.00. The fraction of sp³-hybridized carbons (Fsp3) is 0.269. The van der Waals surface area contributed by atoms with Crippen LogP contribution in [0.15, 0.2) is 71.2 Å². The zero-order valence-corrected chi connectivity index (χ0v) is 20.2. The predicted molar refractivity (Wildman–Crippen MR) is 130 cm³/mol. The number of ketones is 1. The number of aliphatic hydroxyl groups is 1. The Morgan fingerprint density at radius 1 is 1.18 bits per heavy atom. The number of aliphatic hydroxyl groups excluding tert-OH is 1. The molecule has 1 saturated heterocycles. The largest absolute Gasteiger partial charge is 0.507 e. The van der Waals surface area contributed by atoms with Crippen LogP contribution < -0.4 is 4.74 Å². The molecule has 2 aromatic carbocycles. The molecule has 3 aromatic rings. The molecule has 0 saturated carbocycles. The molecule has 1 fully saturated rings. The zero-order valence-electron chi connectivity index (χ0n) is 18.6. The molecule has 34 heavy (non-hydrogen) atoms. The number of ether oxygens (including phenoxy) is 1. The number of Topliss-reactive ketones (excluding diaryl/α,β-unsaturated/α-hetero) is 1. The number of nitrogens with zero attached hydrogens (tertiary/aromatic N) is 3. The van der Waals surface area contributed by atoms with E-state index in [4.69, 9.17) is 4.74 Å². The van der Waals surface area contributed by atoms with Crippen LogP contribution in [0.4, 0.5) is 0 Å². The molecule has 1 aromatic heterocycles. The molecule has 3 heterocycles. The topological polar surface area (TPSA) is 84.7 Å². The number of benzene rings is 2. The van der Waals surface area contributed by atoms with Crippen LogP contribution in [-0.2, 0) is 22.6 Å². The van der Waals surface area contributed by atoms with Crippen molar-refractivity contribution in [3.8, 4) is 5.75 Å². The summed E-state index contributed by atoms with van der Waals surface area (Å²) < 4.78 is 8.58. The van der Waals surface area contributed by atoms with E-state index in [0.29, 0.717) is 25.1 Å². The number of carbonyl (C=O) groups is 2. The molecule has 0 aliphatic carbocycles. The molecular formula is C26H24BrN3O4. The van der Waals surface area contributed by atoms with E-state index < -0.39 is 17.7 Å². The molecule has 2 aliphatic heterocycles. The Labute approximate surface area is 205 Å². The van der Waals surface area contributed by atoms with E-state index in [1.807, 2.05) is 54.1 Å². The summed E-state index contributed by atoms with van der Waals surface area (Å²) in [6.07, 6.45) is 6.73. The third-order valence-electron chi connectivity index (χ3n) is 6.27. The van der Waals surface area contributed by atoms with Gasteiger partial charge in [0.1, 0.15) is 17.6 Å². The van der Waals surface area contributed by atoms with Gasteiger partial charge in [-0.3, -0.25) is 9.59 Å². The lowest BCUT2D eigenvalue weighted by atomic mass is 9.94. The maximum atomic E-state index is 13.2. The number of halogens is 1. The second-order valence-corrected chi connectivity index (χ2v) is 9.57. The molecule has 1 amide bonds. The van der Waals surface area contributed by atoms with E-state index in [0.717, 1.165) is 27.8 Å². The van der Waals surface area contributed by atoms with Gasteiger partial charge in [-0.2, -0.15) is 0 Å². The Morgan fingerprint density at radius 2 is 1.97 bits per heavy atom. The minimum atomic E-state index is -0.668. The minimum Gasteiger partial charge on any atom is -0.507 e. The summed E-state index contributed by atoms with van der Waals surface area (Å²) in [5.41, 5.74) is 2.37. The van der Waals surface area contributed by atoms with Crippen molar-refractivity contribution in [1.29, 1.82) is 0 Å². The molecule has 0 spiro atoms. The van der Waals surface area contributed by atoms with Gasteiger partial charge in [-0.05, 0) is 54.8 Å². The van der Waals surface area contributed by atoms with Crippen LogP contribution in [0.3, 0.4) is 0 Å². The van der Waals surface area contributed by atoms with Gasteiger partial charge >= 0.3 is 0 Å². The van der Waals surface area contributed by atoms with Crippen molar-refractivity contribution in [3.63, 3.8) is 0 Å². The fourth-order valence-corrected chi connectivity index (χ4v) is 4.93. The van der Waals surface area contributed by atoms with Gasteiger partial charge in [0.05, 0.1) is 17.9 Å². The molecular weight excluding hydrogens is 498 g/mol. The first-order valence-electron chi connectivity index (χ1n) is 11.2. The SMILES string of the molecule is CC1Cc2cc(C(O)=C3C(=O)C(=O)N(CCCn4ccnc4)C3c3ccc(Br)cc3)ccc2O1. The van der Waals surface area contributed by atoms with E-state index in [1.165, 1.54) is 0 Å². The Bertz CT molecular complexity index is 1270. The molecule has 0 bridgehead atoms. The molecule has 2 unspecified atom stereocenters. The average molecular weight is 522 g/mol. The summed E-state index contributed by atoms with van der Waals surface area (Å²) in [4.78, 5) is 31.9. The number of aromatic nitrogens is 2. The molecule has 174 valence electrons. The number of carbonyl (C=O) groups excluding carboxylic acids is 2. The summed E-state index contributed by atoms with van der Waals surface area (Å²) in [7, 11) is 0. The molecule has 8 heteroatoms. The van der Waals surface area contributed by atoms with Crippen molar-refractivity contribution < 1.29 is 19.4 Å². The third kappa shape index (κ3) is 4.14. The molecule has 5 rings (SSSR count). The van der Waals surface area contributed by atoms with E-state index in [2.05, 4.69) is 20.9 Å². The lowest BCUT2D eigenvalue weighted by molar-refractivity contribution is -0.139. The van der Waals surface area contributed by atoms with Crippen molar-refractivity contribution in [2.45, 2.75) is 38.5 Å². The first-order chi connectivity index (χ1) is 16.4. The van der Waals surface area contributed by atoms with Crippen molar-refractivity contribution in [3.05, 3.63) is 87.9 Å². The number of hydrogen-bond acceptors (Lipinski definition) is 5. The molecule has 1 N–H and O–H groups in total. The van der Waals surface area contributed by atoms with E-state index in [1.54, 1.807) is 23.5 Å². The standard InChI is InChI=1S/C26H24BrN3O4/c1-16-13-19-14-18(5-8-21(19)34-16)24(31)22-23(17-3-6-20(27)7-4-17)30(26(33)25(22)32)11-2-10-29-12-9-28-15-29/h3-9,12,14-16,23,31H,2,10-11,13H2,1H3. The van der Waals surface area contributed by atoms with Crippen molar-refractivity contribution in [2.75, 3.05) is 6.54 Å². The highest BCUT2D eigenvalue weighted by Crippen LogP contribution is 2.41. The Hall–Kier alpha value is -3.39. The lowest BCUT2D eigenvalue weighted by Gasteiger charge is -2.25. The summed E-state index contributed by atoms with van der Waals surface area (Å²) in [6.45, 7) is 3.03. The summed E-state index contributed by atoms with van der Waals surface area (Å²) in [5.74, 6) is -0.643. The van der Waals surface area contributed by atoms with Gasteiger partial charge in [0, 0.05) is 41.9 Å². The highest BCUT2D eigenvalue weighted by molar-refractivity contribution is 9.10. The number of rotatable bonds is 6. The predicted octanol–water partition coefficient (Wildman–Crippen LogP) is 4.48. The quantitative estimate of drug-likeness (QED) is 0.293. The van der Waals surface area contributed by atoms with Crippen molar-refractivity contribution >= 4 is 33.4 Å². The monoisotopic (exact) mass is 521 g/mol. The van der Waals surface area contributed by atoms with Gasteiger partial charge in [0.25, 0.3) is 11.7 Å². The van der Waals surface area contributed by atoms with Crippen LogP contribution in [0, 0.1) is 0 Å². The van der Waals surface area contributed by atoms with Gasteiger partial charge < -0.3 is 19.3 Å². The normalized spacial score (nSPS) is 21.1. The number of amides is 1.